The fraction of sp³-hybridized carbons (Fsp3) is 0.364. The molecule has 0 aliphatic carbocycles. The molecule has 7 heteroatoms. The minimum absolute atomic E-state index is 0.179. The van der Waals surface area contributed by atoms with E-state index in [4.69, 9.17) is 10.5 Å². The number of methoxy groups -OCH3 is 1. The van der Waals surface area contributed by atoms with E-state index in [1.165, 1.54) is 13.2 Å². The van der Waals surface area contributed by atoms with Crippen LogP contribution >= 0.6 is 0 Å². The van der Waals surface area contributed by atoms with Gasteiger partial charge in [0.25, 0.3) is 0 Å². The zero-order valence-corrected chi connectivity index (χ0v) is 10.8. The molecule has 1 aromatic rings. The van der Waals surface area contributed by atoms with Crippen molar-refractivity contribution in [1.82, 2.24) is 5.32 Å². The third-order valence-electron chi connectivity index (χ3n) is 2.05. The number of hydrogen-bond acceptors (Lipinski definition) is 4. The van der Waals surface area contributed by atoms with Gasteiger partial charge in [-0.15, -0.1) is 0 Å². The number of halogens is 1. The largest absolute Gasteiger partial charge is 0.399 e. The molecule has 18 heavy (non-hydrogen) atoms. The highest BCUT2D eigenvalue weighted by atomic mass is 32.2. The van der Waals surface area contributed by atoms with Crippen LogP contribution in [0.1, 0.15) is 0 Å². The van der Waals surface area contributed by atoms with E-state index in [0.717, 1.165) is 12.1 Å². The minimum atomic E-state index is -1.61. The van der Waals surface area contributed by atoms with Crippen molar-refractivity contribution < 1.29 is 18.1 Å². The zero-order valence-electron chi connectivity index (χ0n) is 9.94. The maximum absolute atomic E-state index is 13.0. The first-order valence-electron chi connectivity index (χ1n) is 5.23. The highest BCUT2D eigenvalue weighted by molar-refractivity contribution is 7.85. The van der Waals surface area contributed by atoms with Crippen molar-refractivity contribution in [3.05, 3.63) is 24.0 Å². The summed E-state index contributed by atoms with van der Waals surface area (Å²) < 4.78 is 29.6. The number of rotatable bonds is 6. The Morgan fingerprint density at radius 2 is 2.22 bits per heavy atom. The lowest BCUT2D eigenvalue weighted by atomic mass is 10.3. The molecular weight excluding hydrogens is 259 g/mol. The molecule has 0 aliphatic rings. The lowest BCUT2D eigenvalue weighted by Crippen LogP contribution is -2.31. The predicted molar refractivity (Wildman–Crippen MR) is 67.0 cm³/mol. The van der Waals surface area contributed by atoms with Crippen molar-refractivity contribution in [2.24, 2.45) is 0 Å². The zero-order chi connectivity index (χ0) is 13.5. The first kappa shape index (κ1) is 14.6. The summed E-state index contributed by atoms with van der Waals surface area (Å²) in [5, 5.41) is 2.53. The molecule has 1 rings (SSSR count). The molecule has 0 radical (unpaired) electrons. The smallest absolute Gasteiger partial charge is 0.233 e. The summed E-state index contributed by atoms with van der Waals surface area (Å²) in [4.78, 5) is 11.6. The highest BCUT2D eigenvalue weighted by Crippen LogP contribution is 2.14. The van der Waals surface area contributed by atoms with Crippen LogP contribution in [-0.4, -0.2) is 36.1 Å². The van der Waals surface area contributed by atoms with Crippen LogP contribution in [0.5, 0.6) is 0 Å². The molecule has 1 amide bonds. The molecule has 1 atom stereocenters. The molecule has 0 aliphatic heterocycles. The molecule has 100 valence electrons. The molecule has 5 nitrogen and oxygen atoms in total. The van der Waals surface area contributed by atoms with Crippen LogP contribution in [0, 0.1) is 5.82 Å². The van der Waals surface area contributed by atoms with Crippen LogP contribution in [-0.2, 0) is 20.3 Å². The lowest BCUT2D eigenvalue weighted by molar-refractivity contribution is -0.118. The van der Waals surface area contributed by atoms with Crippen LogP contribution in [0.4, 0.5) is 10.1 Å². The molecule has 3 N–H and O–H groups in total. The number of amides is 1. The van der Waals surface area contributed by atoms with Gasteiger partial charge < -0.3 is 15.8 Å². The number of hydrogen-bond donors (Lipinski definition) is 2. The fourth-order valence-corrected chi connectivity index (χ4v) is 2.28. The molecule has 0 saturated heterocycles. The van der Waals surface area contributed by atoms with Crippen LogP contribution in [0.2, 0.25) is 0 Å². The second-order valence-corrected chi connectivity index (χ2v) is 5.00. The Morgan fingerprint density at radius 1 is 1.50 bits per heavy atom. The molecule has 0 fully saturated rings. The Morgan fingerprint density at radius 3 is 2.83 bits per heavy atom. The standard InChI is InChI=1S/C11H15FN2O3S/c1-17-3-2-14-11(15)7-18(16)10-5-8(12)4-9(13)6-10/h4-6H,2-3,7,13H2,1H3,(H,14,15). The van der Waals surface area contributed by atoms with E-state index in [9.17, 15) is 13.4 Å². The van der Waals surface area contributed by atoms with Gasteiger partial charge in [-0.25, -0.2) is 4.39 Å². The number of nitrogens with one attached hydrogen (secondary N) is 1. The van der Waals surface area contributed by atoms with Gasteiger partial charge >= 0.3 is 0 Å². The summed E-state index contributed by atoms with van der Waals surface area (Å²) in [5.74, 6) is -1.18. The van der Waals surface area contributed by atoms with Crippen molar-refractivity contribution >= 4 is 22.4 Å². The van der Waals surface area contributed by atoms with Gasteiger partial charge in [0.2, 0.25) is 5.91 Å². The number of carbonyl (C=O) groups excluding carboxylic acids is 1. The summed E-state index contributed by atoms with van der Waals surface area (Å²) in [7, 11) is -0.0986. The Hall–Kier alpha value is -1.47. The molecule has 0 aromatic heterocycles. The van der Waals surface area contributed by atoms with Crippen molar-refractivity contribution in [1.29, 1.82) is 0 Å². The van der Waals surface area contributed by atoms with E-state index < -0.39 is 16.6 Å². The second kappa shape index (κ2) is 7.07. The minimum Gasteiger partial charge on any atom is -0.399 e. The fourth-order valence-electron chi connectivity index (χ4n) is 1.26. The van der Waals surface area contributed by atoms with Gasteiger partial charge in [0.15, 0.2) is 0 Å². The molecule has 0 saturated carbocycles. The second-order valence-electron chi connectivity index (χ2n) is 3.55. The van der Waals surface area contributed by atoms with E-state index in [1.54, 1.807) is 0 Å². The molecule has 1 aromatic carbocycles. The van der Waals surface area contributed by atoms with Crippen LogP contribution in [0.3, 0.4) is 0 Å². The average Bonchev–Trinajstić information content (AvgIpc) is 2.28. The summed E-state index contributed by atoms with van der Waals surface area (Å²) >= 11 is 0. The van der Waals surface area contributed by atoms with Gasteiger partial charge in [0.05, 0.1) is 17.4 Å². The topological polar surface area (TPSA) is 81.4 Å². The maximum atomic E-state index is 13.0. The van der Waals surface area contributed by atoms with Crippen molar-refractivity contribution in [2.75, 3.05) is 31.7 Å². The Labute approximate surface area is 107 Å². The van der Waals surface area contributed by atoms with Crippen molar-refractivity contribution in [3.63, 3.8) is 0 Å². The molecular formula is C11H15FN2O3S. The predicted octanol–water partition coefficient (Wildman–Crippen LogP) is 0.278. The molecule has 1 unspecified atom stereocenters. The highest BCUT2D eigenvalue weighted by Gasteiger charge is 2.11. The quantitative estimate of drug-likeness (QED) is 0.576. The SMILES string of the molecule is COCCNC(=O)CS(=O)c1cc(N)cc(F)c1. The van der Waals surface area contributed by atoms with E-state index in [0.29, 0.717) is 13.2 Å². The van der Waals surface area contributed by atoms with Gasteiger partial charge in [0, 0.05) is 24.2 Å². The Bertz CT molecular complexity index is 434. The number of benzene rings is 1. The van der Waals surface area contributed by atoms with Gasteiger partial charge in [-0.3, -0.25) is 9.00 Å². The van der Waals surface area contributed by atoms with E-state index in [1.807, 2.05) is 0 Å². The number of carbonyl (C=O) groups is 1. The van der Waals surface area contributed by atoms with Gasteiger partial charge in [-0.05, 0) is 18.2 Å². The van der Waals surface area contributed by atoms with Crippen LogP contribution in [0.25, 0.3) is 0 Å². The number of ether oxygens (including phenoxy) is 1. The molecule has 0 heterocycles. The van der Waals surface area contributed by atoms with Crippen LogP contribution in [0.15, 0.2) is 23.1 Å². The van der Waals surface area contributed by atoms with Crippen LogP contribution < -0.4 is 11.1 Å². The maximum Gasteiger partial charge on any atom is 0.233 e. The summed E-state index contributed by atoms with van der Waals surface area (Å²) in [5.41, 5.74) is 5.61. The molecule has 0 bridgehead atoms. The first-order chi connectivity index (χ1) is 8.52. The molecule has 0 spiro atoms. The summed E-state index contributed by atoms with van der Waals surface area (Å²) in [6, 6.07) is 3.62. The van der Waals surface area contributed by atoms with Gasteiger partial charge in [-0.1, -0.05) is 0 Å². The van der Waals surface area contributed by atoms with E-state index in [-0.39, 0.29) is 22.2 Å². The van der Waals surface area contributed by atoms with Crippen molar-refractivity contribution in [2.45, 2.75) is 4.90 Å². The van der Waals surface area contributed by atoms with Crippen molar-refractivity contribution in [3.8, 4) is 0 Å². The monoisotopic (exact) mass is 274 g/mol. The lowest BCUT2D eigenvalue weighted by Gasteiger charge is -2.05. The summed E-state index contributed by atoms with van der Waals surface area (Å²) in [6.07, 6.45) is 0. The normalized spacial score (nSPS) is 12.1. The van der Waals surface area contributed by atoms with E-state index >= 15 is 0 Å². The number of anilines is 1. The summed E-state index contributed by atoms with van der Waals surface area (Å²) in [6.45, 7) is 0.725. The third-order valence-corrected chi connectivity index (χ3v) is 3.33. The first-order valence-corrected chi connectivity index (χ1v) is 6.55. The van der Waals surface area contributed by atoms with Gasteiger partial charge in [-0.2, -0.15) is 0 Å². The number of nitrogen functional groups attached to an aromatic ring is 1. The Balaban J connectivity index is 2.56. The van der Waals surface area contributed by atoms with E-state index in [2.05, 4.69) is 5.32 Å². The number of nitrogens with two attached hydrogens (primary N) is 1. The van der Waals surface area contributed by atoms with Gasteiger partial charge in [0.1, 0.15) is 11.6 Å². The Kier molecular flexibility index (Phi) is 5.73. The third kappa shape index (κ3) is 4.80. The average molecular weight is 274 g/mol.